The topological polar surface area (TPSA) is 48.3 Å². The van der Waals surface area contributed by atoms with Gasteiger partial charge in [-0.2, -0.15) is 5.10 Å². The Kier molecular flexibility index (Phi) is 6.14. The molecule has 0 amide bonds. The van der Waals surface area contributed by atoms with Gasteiger partial charge in [-0.3, -0.25) is 0 Å². The van der Waals surface area contributed by atoms with Crippen LogP contribution in [0.1, 0.15) is 32.3 Å². The van der Waals surface area contributed by atoms with Gasteiger partial charge in [0.15, 0.2) is 0 Å². The van der Waals surface area contributed by atoms with Crippen molar-refractivity contribution in [2.24, 2.45) is 0 Å². The Labute approximate surface area is 183 Å². The van der Waals surface area contributed by atoms with Gasteiger partial charge in [0.1, 0.15) is 5.75 Å². The van der Waals surface area contributed by atoms with Crippen LogP contribution in [0.25, 0.3) is 16.9 Å². The lowest BCUT2D eigenvalue weighted by molar-refractivity contribution is -0.0630. The number of nitrogens with one attached hydrogen (secondary N) is 1. The van der Waals surface area contributed by atoms with Crippen LogP contribution in [0.2, 0.25) is 5.02 Å². The summed E-state index contributed by atoms with van der Waals surface area (Å²) in [5.41, 5.74) is 3.84. The van der Waals surface area contributed by atoms with Crippen molar-refractivity contribution in [1.82, 2.24) is 15.1 Å². The second kappa shape index (κ2) is 8.80. The Morgan fingerprint density at radius 1 is 1.20 bits per heavy atom. The van der Waals surface area contributed by atoms with Gasteiger partial charge in [-0.15, -0.1) is 0 Å². The fourth-order valence-corrected chi connectivity index (χ4v) is 4.17. The van der Waals surface area contributed by atoms with Crippen molar-refractivity contribution >= 4 is 11.6 Å². The van der Waals surface area contributed by atoms with Gasteiger partial charge in [0, 0.05) is 36.5 Å². The third kappa shape index (κ3) is 4.69. The lowest BCUT2D eigenvalue weighted by Gasteiger charge is -2.36. The molecule has 0 aliphatic carbocycles. The molecule has 0 spiro atoms. The number of hydrogen-bond acceptors (Lipinski definition) is 4. The fraction of sp³-hybridized carbons (Fsp3) is 0.375. The van der Waals surface area contributed by atoms with E-state index in [1.807, 2.05) is 53.2 Å². The van der Waals surface area contributed by atoms with E-state index in [1.165, 1.54) is 0 Å². The zero-order chi connectivity index (χ0) is 21.1. The molecular formula is C24H28ClN3O2. The van der Waals surface area contributed by atoms with E-state index in [4.69, 9.17) is 26.2 Å². The molecule has 1 aliphatic heterocycles. The quantitative estimate of drug-likeness (QED) is 0.586. The number of ether oxygens (including phenoxy) is 2. The Morgan fingerprint density at radius 2 is 1.97 bits per heavy atom. The molecule has 1 aromatic heterocycles. The first-order valence-corrected chi connectivity index (χ1v) is 10.7. The maximum absolute atomic E-state index is 6.51. The van der Waals surface area contributed by atoms with E-state index in [0.717, 1.165) is 54.3 Å². The molecule has 2 aromatic carbocycles. The lowest BCUT2D eigenvalue weighted by Crippen LogP contribution is -2.43. The van der Waals surface area contributed by atoms with Gasteiger partial charge in [0.2, 0.25) is 0 Å². The number of benzene rings is 2. The second-order valence-corrected chi connectivity index (χ2v) is 8.71. The lowest BCUT2D eigenvalue weighted by atomic mass is 9.94. The van der Waals surface area contributed by atoms with E-state index in [-0.39, 0.29) is 5.60 Å². The Hall–Kier alpha value is -2.34. The maximum atomic E-state index is 6.51. The molecule has 1 saturated heterocycles. The summed E-state index contributed by atoms with van der Waals surface area (Å²) in [6.07, 6.45) is 4.08. The van der Waals surface area contributed by atoms with Gasteiger partial charge < -0.3 is 14.8 Å². The highest BCUT2D eigenvalue weighted by Crippen LogP contribution is 2.31. The van der Waals surface area contributed by atoms with Gasteiger partial charge >= 0.3 is 0 Å². The van der Waals surface area contributed by atoms with Crippen LogP contribution in [0.4, 0.5) is 0 Å². The molecule has 0 unspecified atom stereocenters. The Balaban J connectivity index is 1.63. The Morgan fingerprint density at radius 3 is 2.67 bits per heavy atom. The van der Waals surface area contributed by atoms with E-state index in [9.17, 15) is 0 Å². The molecule has 4 rings (SSSR count). The summed E-state index contributed by atoms with van der Waals surface area (Å²) in [5.74, 6) is 0.821. The van der Waals surface area contributed by atoms with Gasteiger partial charge in [-0.05, 0) is 57.0 Å². The average molecular weight is 426 g/mol. The maximum Gasteiger partial charge on any atom is 0.119 e. The predicted molar refractivity (Wildman–Crippen MR) is 120 cm³/mol. The van der Waals surface area contributed by atoms with E-state index < -0.39 is 0 Å². The van der Waals surface area contributed by atoms with Crippen LogP contribution in [0, 0.1) is 0 Å². The van der Waals surface area contributed by atoms with Crippen LogP contribution in [-0.4, -0.2) is 35.1 Å². The van der Waals surface area contributed by atoms with E-state index in [2.05, 4.69) is 25.4 Å². The highest BCUT2D eigenvalue weighted by atomic mass is 35.5. The number of hydrogen-bond donors (Lipinski definition) is 1. The molecule has 0 bridgehead atoms. The van der Waals surface area contributed by atoms with Crippen LogP contribution in [0.5, 0.6) is 5.75 Å². The van der Waals surface area contributed by atoms with Crippen molar-refractivity contribution in [2.75, 3.05) is 13.7 Å². The van der Waals surface area contributed by atoms with Crippen LogP contribution >= 0.6 is 11.6 Å². The normalized spacial score (nSPS) is 18.3. The number of rotatable bonds is 6. The third-order valence-electron chi connectivity index (χ3n) is 5.53. The third-order valence-corrected chi connectivity index (χ3v) is 5.86. The summed E-state index contributed by atoms with van der Waals surface area (Å²) >= 11 is 6.51. The Bertz CT molecular complexity index is 998. The van der Waals surface area contributed by atoms with Gasteiger partial charge in [-0.25, -0.2) is 4.68 Å². The minimum atomic E-state index is -0.0885. The predicted octanol–water partition coefficient (Wildman–Crippen LogP) is 5.25. The van der Waals surface area contributed by atoms with Gasteiger partial charge in [0.05, 0.1) is 29.1 Å². The molecular weight excluding hydrogens is 398 g/mol. The van der Waals surface area contributed by atoms with Crippen molar-refractivity contribution in [3.8, 4) is 22.7 Å². The molecule has 0 saturated carbocycles. The van der Waals surface area contributed by atoms with Crippen LogP contribution in [-0.2, 0) is 11.3 Å². The molecule has 0 radical (unpaired) electrons. The smallest absolute Gasteiger partial charge is 0.119 e. The summed E-state index contributed by atoms with van der Waals surface area (Å²) < 4.78 is 13.0. The summed E-state index contributed by atoms with van der Waals surface area (Å²) in [5, 5.41) is 9.30. The zero-order valence-electron chi connectivity index (χ0n) is 17.7. The van der Waals surface area contributed by atoms with E-state index >= 15 is 0 Å². The minimum Gasteiger partial charge on any atom is -0.497 e. The van der Waals surface area contributed by atoms with Gasteiger partial charge in [-0.1, -0.05) is 29.8 Å². The van der Waals surface area contributed by atoms with Gasteiger partial charge in [0.25, 0.3) is 0 Å². The molecule has 1 N–H and O–H groups in total. The average Bonchev–Trinajstić information content (AvgIpc) is 3.16. The molecule has 1 atom stereocenters. The minimum absolute atomic E-state index is 0.0885. The zero-order valence-corrected chi connectivity index (χ0v) is 18.4. The van der Waals surface area contributed by atoms with Crippen LogP contribution in [0.3, 0.4) is 0 Å². The van der Waals surface area contributed by atoms with Crippen molar-refractivity contribution < 1.29 is 9.47 Å². The molecule has 1 aliphatic rings. The molecule has 30 heavy (non-hydrogen) atoms. The molecule has 2 heterocycles. The summed E-state index contributed by atoms with van der Waals surface area (Å²) in [4.78, 5) is 0. The first-order valence-electron chi connectivity index (χ1n) is 10.3. The number of aromatic nitrogens is 2. The molecule has 1 fully saturated rings. The molecule has 6 heteroatoms. The van der Waals surface area contributed by atoms with Crippen LogP contribution in [0.15, 0.2) is 54.7 Å². The highest BCUT2D eigenvalue weighted by molar-refractivity contribution is 6.33. The SMILES string of the molecule is COc1ccc(-n2cc(CN[C@H]3CCOC(C)(C)C3)c(-c3ccccc3Cl)n2)cc1. The van der Waals surface area contributed by atoms with Crippen LogP contribution < -0.4 is 10.1 Å². The molecule has 158 valence electrons. The van der Waals surface area contributed by atoms with Crippen molar-refractivity contribution in [3.63, 3.8) is 0 Å². The van der Waals surface area contributed by atoms with Crippen molar-refractivity contribution in [2.45, 2.75) is 44.9 Å². The van der Waals surface area contributed by atoms with Crippen molar-refractivity contribution in [1.29, 1.82) is 0 Å². The fourth-order valence-electron chi connectivity index (χ4n) is 3.95. The second-order valence-electron chi connectivity index (χ2n) is 8.30. The van der Waals surface area contributed by atoms with E-state index in [0.29, 0.717) is 11.1 Å². The number of halogens is 1. The largest absolute Gasteiger partial charge is 0.497 e. The van der Waals surface area contributed by atoms with E-state index in [1.54, 1.807) is 7.11 Å². The summed E-state index contributed by atoms with van der Waals surface area (Å²) in [6, 6.07) is 16.1. The highest BCUT2D eigenvalue weighted by Gasteiger charge is 2.28. The standard InChI is InChI=1S/C24H28ClN3O2/c1-24(2)14-18(12-13-30-24)26-15-17-16-28(19-8-10-20(29-3)11-9-19)27-23(17)21-6-4-5-7-22(21)25/h4-11,16,18,26H,12-15H2,1-3H3/t18-/m0/s1. The first-order chi connectivity index (χ1) is 14.4. The number of methoxy groups -OCH3 is 1. The number of nitrogens with zero attached hydrogens (tertiary/aromatic N) is 2. The first kappa shape index (κ1) is 20.9. The summed E-state index contributed by atoms with van der Waals surface area (Å²) in [6.45, 7) is 5.81. The molecule has 5 nitrogen and oxygen atoms in total. The van der Waals surface area contributed by atoms with Crippen molar-refractivity contribution in [3.05, 3.63) is 65.3 Å². The molecule has 3 aromatic rings. The monoisotopic (exact) mass is 425 g/mol. The summed E-state index contributed by atoms with van der Waals surface area (Å²) in [7, 11) is 1.67.